The summed E-state index contributed by atoms with van der Waals surface area (Å²) in [5.41, 5.74) is 7.28. The maximum Gasteiger partial charge on any atom is 0.194 e. The van der Waals surface area contributed by atoms with Crippen molar-refractivity contribution in [2.24, 2.45) is 0 Å². The van der Waals surface area contributed by atoms with Gasteiger partial charge >= 0.3 is 0 Å². The number of rotatable bonds is 2. The summed E-state index contributed by atoms with van der Waals surface area (Å²) in [6.45, 7) is 0. The van der Waals surface area contributed by atoms with Crippen molar-refractivity contribution >= 4 is 54.9 Å². The van der Waals surface area contributed by atoms with E-state index in [0.717, 1.165) is 0 Å². The molecule has 0 saturated heterocycles. The first-order valence-electron chi connectivity index (χ1n) is 5.04. The van der Waals surface area contributed by atoms with Crippen molar-refractivity contribution in [3.05, 3.63) is 61.5 Å². The summed E-state index contributed by atoms with van der Waals surface area (Å²) in [7, 11) is 0. The molecular formula is C13H8Br2ClNO. The number of nitrogen functional groups attached to an aromatic ring is 1. The van der Waals surface area contributed by atoms with Gasteiger partial charge < -0.3 is 5.73 Å². The molecule has 92 valence electrons. The Morgan fingerprint density at radius 2 is 1.83 bits per heavy atom. The Hall–Kier alpha value is -0.840. The Morgan fingerprint density at radius 3 is 2.50 bits per heavy atom. The predicted octanol–water partition coefficient (Wildman–Crippen LogP) is 4.68. The van der Waals surface area contributed by atoms with E-state index in [4.69, 9.17) is 17.3 Å². The second-order valence-electron chi connectivity index (χ2n) is 3.67. The van der Waals surface area contributed by atoms with Gasteiger partial charge in [0.1, 0.15) is 0 Å². The van der Waals surface area contributed by atoms with Gasteiger partial charge in [0.15, 0.2) is 5.78 Å². The summed E-state index contributed by atoms with van der Waals surface area (Å²) in [4.78, 5) is 12.3. The van der Waals surface area contributed by atoms with E-state index in [0.29, 0.717) is 30.8 Å². The molecule has 2 N–H and O–H groups in total. The van der Waals surface area contributed by atoms with Gasteiger partial charge in [0, 0.05) is 25.8 Å². The Kier molecular flexibility index (Phi) is 4.10. The molecule has 0 spiro atoms. The third-order valence-corrected chi connectivity index (χ3v) is 4.44. The summed E-state index contributed by atoms with van der Waals surface area (Å²) in [5.74, 6) is -0.137. The molecule has 2 rings (SSSR count). The summed E-state index contributed by atoms with van der Waals surface area (Å²) in [6.07, 6.45) is 0. The van der Waals surface area contributed by atoms with Crippen molar-refractivity contribution in [3.63, 3.8) is 0 Å². The smallest absolute Gasteiger partial charge is 0.194 e. The standard InChI is InChI=1S/C13H8Br2ClNO/c14-9-3-1-2-8(12(9)16)13(18)7-4-5-11(17)10(15)6-7/h1-6H,17H2. The number of carbonyl (C=O) groups is 1. The zero-order valence-corrected chi connectivity index (χ0v) is 13.0. The first-order valence-corrected chi connectivity index (χ1v) is 7.01. The number of carbonyl (C=O) groups excluding carboxylic acids is 1. The monoisotopic (exact) mass is 387 g/mol. The summed E-state index contributed by atoms with van der Waals surface area (Å²) in [5, 5.41) is 0.412. The molecular weight excluding hydrogens is 381 g/mol. The SMILES string of the molecule is Nc1ccc(C(=O)c2cccc(Br)c2Cl)cc1Br. The molecule has 0 fully saturated rings. The highest BCUT2D eigenvalue weighted by molar-refractivity contribution is 9.11. The van der Waals surface area contributed by atoms with Crippen LogP contribution in [0.25, 0.3) is 0 Å². The number of ketones is 1. The molecule has 2 nitrogen and oxygen atoms in total. The Labute approximate surface area is 126 Å². The molecule has 0 aromatic heterocycles. The minimum absolute atomic E-state index is 0.137. The van der Waals surface area contributed by atoms with E-state index < -0.39 is 0 Å². The van der Waals surface area contributed by atoms with Crippen molar-refractivity contribution in [1.82, 2.24) is 0 Å². The van der Waals surface area contributed by atoms with Crippen LogP contribution in [0.4, 0.5) is 5.69 Å². The van der Waals surface area contributed by atoms with E-state index in [1.165, 1.54) is 0 Å². The molecule has 2 aromatic carbocycles. The maximum atomic E-state index is 12.3. The molecule has 0 amide bonds. The molecule has 0 unspecified atom stereocenters. The number of anilines is 1. The second kappa shape index (κ2) is 5.43. The van der Waals surface area contributed by atoms with Crippen LogP contribution in [-0.2, 0) is 0 Å². The largest absolute Gasteiger partial charge is 0.398 e. The number of benzene rings is 2. The minimum atomic E-state index is -0.137. The molecule has 18 heavy (non-hydrogen) atoms. The molecule has 0 heterocycles. The zero-order chi connectivity index (χ0) is 13.3. The van der Waals surface area contributed by atoms with Crippen molar-refractivity contribution in [2.45, 2.75) is 0 Å². The second-order valence-corrected chi connectivity index (χ2v) is 5.75. The van der Waals surface area contributed by atoms with Crippen molar-refractivity contribution in [1.29, 1.82) is 0 Å². The molecule has 0 aliphatic heterocycles. The van der Waals surface area contributed by atoms with Gasteiger partial charge in [-0.15, -0.1) is 0 Å². The van der Waals surface area contributed by atoms with E-state index in [-0.39, 0.29) is 5.78 Å². The summed E-state index contributed by atoms with van der Waals surface area (Å²) in [6, 6.07) is 10.3. The van der Waals surface area contributed by atoms with Crippen LogP contribution in [0.3, 0.4) is 0 Å². The van der Waals surface area contributed by atoms with Crippen LogP contribution in [-0.4, -0.2) is 5.78 Å². The Morgan fingerprint density at radius 1 is 1.11 bits per heavy atom. The van der Waals surface area contributed by atoms with Crippen molar-refractivity contribution < 1.29 is 4.79 Å². The van der Waals surface area contributed by atoms with Crippen LogP contribution in [0.1, 0.15) is 15.9 Å². The quantitative estimate of drug-likeness (QED) is 0.599. The number of nitrogens with two attached hydrogens (primary N) is 1. The highest BCUT2D eigenvalue weighted by Gasteiger charge is 2.15. The van der Waals surface area contributed by atoms with E-state index in [1.807, 2.05) is 0 Å². The zero-order valence-electron chi connectivity index (χ0n) is 9.08. The fourth-order valence-corrected chi connectivity index (χ4v) is 2.46. The van der Waals surface area contributed by atoms with E-state index >= 15 is 0 Å². The van der Waals surface area contributed by atoms with Crippen LogP contribution in [0.2, 0.25) is 5.02 Å². The molecule has 0 radical (unpaired) electrons. The van der Waals surface area contributed by atoms with Gasteiger partial charge in [-0.25, -0.2) is 0 Å². The lowest BCUT2D eigenvalue weighted by Crippen LogP contribution is -2.03. The van der Waals surface area contributed by atoms with Gasteiger partial charge in [-0.05, 0) is 62.2 Å². The van der Waals surface area contributed by atoms with Crippen LogP contribution >= 0.6 is 43.5 Å². The van der Waals surface area contributed by atoms with Crippen LogP contribution in [0.15, 0.2) is 45.3 Å². The average Bonchev–Trinajstić information content (AvgIpc) is 2.35. The van der Waals surface area contributed by atoms with E-state index in [2.05, 4.69) is 31.9 Å². The van der Waals surface area contributed by atoms with Gasteiger partial charge in [0.2, 0.25) is 0 Å². The van der Waals surface area contributed by atoms with Crippen molar-refractivity contribution in [2.75, 3.05) is 5.73 Å². The number of halogens is 3. The molecule has 0 aliphatic rings. The van der Waals surface area contributed by atoms with E-state index in [1.54, 1.807) is 36.4 Å². The van der Waals surface area contributed by atoms with Crippen LogP contribution in [0, 0.1) is 0 Å². The van der Waals surface area contributed by atoms with Gasteiger partial charge in [-0.2, -0.15) is 0 Å². The Bertz CT molecular complexity index is 628. The fraction of sp³-hybridized carbons (Fsp3) is 0. The molecule has 0 aliphatic carbocycles. The molecule has 5 heteroatoms. The molecule has 0 atom stereocenters. The van der Waals surface area contributed by atoms with Gasteiger partial charge in [-0.3, -0.25) is 4.79 Å². The van der Waals surface area contributed by atoms with Crippen molar-refractivity contribution in [3.8, 4) is 0 Å². The van der Waals surface area contributed by atoms with Gasteiger partial charge in [-0.1, -0.05) is 17.7 Å². The van der Waals surface area contributed by atoms with E-state index in [9.17, 15) is 4.79 Å². The summed E-state index contributed by atoms with van der Waals surface area (Å²) < 4.78 is 1.39. The third-order valence-electron chi connectivity index (χ3n) is 2.46. The molecule has 0 bridgehead atoms. The average molecular weight is 389 g/mol. The lowest BCUT2D eigenvalue weighted by atomic mass is 10.0. The highest BCUT2D eigenvalue weighted by Crippen LogP contribution is 2.29. The minimum Gasteiger partial charge on any atom is -0.398 e. The predicted molar refractivity (Wildman–Crippen MR) is 81.1 cm³/mol. The topological polar surface area (TPSA) is 43.1 Å². The Balaban J connectivity index is 2.48. The van der Waals surface area contributed by atoms with Gasteiger partial charge in [0.25, 0.3) is 0 Å². The van der Waals surface area contributed by atoms with Crippen LogP contribution < -0.4 is 5.73 Å². The lowest BCUT2D eigenvalue weighted by molar-refractivity contribution is 0.103. The first-order chi connectivity index (χ1) is 8.50. The van der Waals surface area contributed by atoms with Crippen LogP contribution in [0.5, 0.6) is 0 Å². The van der Waals surface area contributed by atoms with Gasteiger partial charge in [0.05, 0.1) is 5.02 Å². The molecule has 0 saturated carbocycles. The number of hydrogen-bond donors (Lipinski definition) is 1. The maximum absolute atomic E-state index is 12.3. The molecule has 2 aromatic rings. The highest BCUT2D eigenvalue weighted by atomic mass is 79.9. The normalized spacial score (nSPS) is 10.4. The first kappa shape index (κ1) is 13.6. The number of hydrogen-bond acceptors (Lipinski definition) is 2. The third kappa shape index (κ3) is 2.60. The lowest BCUT2D eigenvalue weighted by Gasteiger charge is -2.06. The summed E-state index contributed by atoms with van der Waals surface area (Å²) >= 11 is 12.7. The fourth-order valence-electron chi connectivity index (χ4n) is 1.50.